The average molecular weight is 381 g/mol. The number of benzene rings is 1. The topological polar surface area (TPSA) is 78.4 Å². The van der Waals surface area contributed by atoms with Gasteiger partial charge >= 0.3 is 0 Å². The van der Waals surface area contributed by atoms with E-state index in [2.05, 4.69) is 20.5 Å². The zero-order valence-electron chi connectivity index (χ0n) is 15.0. The largest absolute Gasteiger partial charge is 0.382 e. The maximum Gasteiger partial charge on any atom is 0.194 e. The zero-order chi connectivity index (χ0) is 18.5. The molecule has 0 aliphatic carbocycles. The number of anilines is 1. The van der Waals surface area contributed by atoms with Crippen LogP contribution in [-0.2, 0) is 27.2 Å². The van der Waals surface area contributed by atoms with E-state index in [0.29, 0.717) is 57.6 Å². The number of hydrogen-bond acceptors (Lipinski definition) is 7. The summed E-state index contributed by atoms with van der Waals surface area (Å²) in [4.78, 5) is 4.44. The Morgan fingerprint density at radius 2 is 1.69 bits per heavy atom. The fraction of sp³-hybridized carbons (Fsp3) is 0.500. The van der Waals surface area contributed by atoms with Crippen molar-refractivity contribution in [3.05, 3.63) is 46.9 Å². The third-order valence-electron chi connectivity index (χ3n) is 3.49. The van der Waals surface area contributed by atoms with Crippen LogP contribution in [0.4, 0.5) is 5.82 Å². The minimum absolute atomic E-state index is 0.272. The van der Waals surface area contributed by atoms with Crippen molar-refractivity contribution in [3.8, 4) is 0 Å². The monoisotopic (exact) mass is 380 g/mol. The molecule has 0 aliphatic rings. The summed E-state index contributed by atoms with van der Waals surface area (Å²) in [7, 11) is 1.65. The molecule has 0 saturated heterocycles. The van der Waals surface area contributed by atoms with Crippen LogP contribution in [0.1, 0.15) is 17.8 Å². The van der Waals surface area contributed by atoms with Crippen molar-refractivity contribution in [3.63, 3.8) is 0 Å². The van der Waals surface area contributed by atoms with Crippen molar-refractivity contribution in [1.29, 1.82) is 0 Å². The van der Waals surface area contributed by atoms with E-state index in [4.69, 9.17) is 25.8 Å². The van der Waals surface area contributed by atoms with Gasteiger partial charge in [0.1, 0.15) is 0 Å². The molecule has 1 aromatic heterocycles. The van der Waals surface area contributed by atoms with E-state index in [1.54, 1.807) is 7.11 Å². The molecule has 0 saturated carbocycles. The van der Waals surface area contributed by atoms with Crippen LogP contribution in [0.15, 0.2) is 30.3 Å². The third-order valence-corrected chi connectivity index (χ3v) is 3.74. The Balaban J connectivity index is 1.66. The summed E-state index contributed by atoms with van der Waals surface area (Å²) in [6, 6.07) is 10.0. The van der Waals surface area contributed by atoms with Crippen LogP contribution in [0.25, 0.3) is 0 Å². The summed E-state index contributed by atoms with van der Waals surface area (Å²) in [5.74, 6) is 1.19. The Bertz CT molecular complexity index is 631. The van der Waals surface area contributed by atoms with Gasteiger partial charge in [-0.05, 0) is 12.0 Å². The highest BCUT2D eigenvalue weighted by Gasteiger charge is 2.07. The van der Waals surface area contributed by atoms with E-state index in [0.717, 1.165) is 12.0 Å². The van der Waals surface area contributed by atoms with Gasteiger partial charge in [-0.2, -0.15) is 0 Å². The van der Waals surface area contributed by atoms with Crippen molar-refractivity contribution >= 4 is 17.4 Å². The number of aromatic nitrogens is 3. The molecule has 8 heteroatoms. The lowest BCUT2D eigenvalue weighted by molar-refractivity contribution is 0.0243. The zero-order valence-corrected chi connectivity index (χ0v) is 15.7. The van der Waals surface area contributed by atoms with Crippen molar-refractivity contribution in [2.75, 3.05) is 45.5 Å². The predicted octanol–water partition coefficient (Wildman–Crippen LogP) is 2.75. The first-order valence-corrected chi connectivity index (χ1v) is 8.98. The molecule has 1 aromatic carbocycles. The summed E-state index contributed by atoms with van der Waals surface area (Å²) in [5.41, 5.74) is 1.14. The molecule has 142 valence electrons. The molecule has 0 atom stereocenters. The second-order valence-corrected chi connectivity index (χ2v) is 5.89. The van der Waals surface area contributed by atoms with Crippen molar-refractivity contribution in [2.45, 2.75) is 19.4 Å². The smallest absolute Gasteiger partial charge is 0.194 e. The first kappa shape index (κ1) is 20.5. The first-order chi connectivity index (χ1) is 12.8. The highest BCUT2D eigenvalue weighted by molar-refractivity contribution is 6.31. The first-order valence-electron chi connectivity index (χ1n) is 8.61. The lowest BCUT2D eigenvalue weighted by Gasteiger charge is -2.08. The Labute approximate surface area is 159 Å². The number of methoxy groups -OCH3 is 1. The molecule has 26 heavy (non-hydrogen) atoms. The molecule has 0 bridgehead atoms. The second-order valence-electron chi connectivity index (χ2n) is 5.53. The molecule has 0 unspecified atom stereocenters. The Hall–Kier alpha value is -1.80. The Kier molecular flexibility index (Phi) is 9.89. The summed E-state index contributed by atoms with van der Waals surface area (Å²) >= 11 is 6.07. The summed E-state index contributed by atoms with van der Waals surface area (Å²) in [6.45, 7) is 3.56. The minimum atomic E-state index is 0.272. The van der Waals surface area contributed by atoms with Crippen LogP contribution >= 0.6 is 11.6 Å². The fourth-order valence-electron chi connectivity index (χ4n) is 2.14. The van der Waals surface area contributed by atoms with Crippen LogP contribution < -0.4 is 5.32 Å². The Morgan fingerprint density at radius 1 is 0.962 bits per heavy atom. The SMILES string of the molecule is COCCOCCOCCCc1nnc(Cl)c(NCc2ccccc2)n1. The van der Waals surface area contributed by atoms with E-state index >= 15 is 0 Å². The lowest BCUT2D eigenvalue weighted by Crippen LogP contribution is -2.10. The summed E-state index contributed by atoms with van der Waals surface area (Å²) in [5, 5.41) is 11.5. The lowest BCUT2D eigenvalue weighted by atomic mass is 10.2. The molecule has 7 nitrogen and oxygen atoms in total. The molecule has 0 aliphatic heterocycles. The van der Waals surface area contributed by atoms with E-state index in [1.807, 2.05) is 30.3 Å². The minimum Gasteiger partial charge on any atom is -0.382 e. The maximum atomic E-state index is 6.07. The third kappa shape index (κ3) is 8.05. The van der Waals surface area contributed by atoms with Crippen LogP contribution in [0.5, 0.6) is 0 Å². The van der Waals surface area contributed by atoms with Crippen molar-refractivity contribution < 1.29 is 14.2 Å². The van der Waals surface area contributed by atoms with Gasteiger partial charge in [-0.15, -0.1) is 10.2 Å². The number of aryl methyl sites for hydroxylation is 1. The molecule has 0 fully saturated rings. The number of halogens is 1. The molecule has 2 aromatic rings. The number of nitrogens with one attached hydrogen (secondary N) is 1. The van der Waals surface area contributed by atoms with Gasteiger partial charge < -0.3 is 19.5 Å². The average Bonchev–Trinajstić information content (AvgIpc) is 2.67. The van der Waals surface area contributed by atoms with E-state index in [9.17, 15) is 0 Å². The van der Waals surface area contributed by atoms with Gasteiger partial charge in [-0.25, -0.2) is 4.98 Å². The molecule has 0 amide bonds. The van der Waals surface area contributed by atoms with E-state index in [-0.39, 0.29) is 5.15 Å². The molecule has 2 rings (SSSR count). The predicted molar refractivity (Wildman–Crippen MR) is 100 cm³/mol. The van der Waals surface area contributed by atoms with Crippen LogP contribution in [0.3, 0.4) is 0 Å². The van der Waals surface area contributed by atoms with Gasteiger partial charge in [-0.1, -0.05) is 41.9 Å². The Morgan fingerprint density at radius 3 is 2.46 bits per heavy atom. The molecule has 1 N–H and O–H groups in total. The van der Waals surface area contributed by atoms with Gasteiger partial charge in [0, 0.05) is 26.7 Å². The van der Waals surface area contributed by atoms with Crippen LogP contribution in [0, 0.1) is 0 Å². The quantitative estimate of drug-likeness (QED) is 0.535. The number of ether oxygens (including phenoxy) is 3. The molecular weight excluding hydrogens is 356 g/mol. The van der Waals surface area contributed by atoms with E-state index in [1.165, 1.54) is 0 Å². The fourth-order valence-corrected chi connectivity index (χ4v) is 2.29. The van der Waals surface area contributed by atoms with Gasteiger partial charge in [0.15, 0.2) is 16.8 Å². The van der Waals surface area contributed by atoms with Crippen LogP contribution in [0.2, 0.25) is 5.15 Å². The van der Waals surface area contributed by atoms with Crippen molar-refractivity contribution in [1.82, 2.24) is 15.2 Å². The van der Waals surface area contributed by atoms with Crippen LogP contribution in [-0.4, -0.2) is 55.3 Å². The summed E-state index contributed by atoms with van der Waals surface area (Å²) in [6.07, 6.45) is 1.48. The van der Waals surface area contributed by atoms with Crippen molar-refractivity contribution in [2.24, 2.45) is 0 Å². The highest BCUT2D eigenvalue weighted by atomic mass is 35.5. The highest BCUT2D eigenvalue weighted by Crippen LogP contribution is 2.16. The van der Waals surface area contributed by atoms with E-state index < -0.39 is 0 Å². The molecule has 0 radical (unpaired) electrons. The van der Waals surface area contributed by atoms with Gasteiger partial charge in [0.2, 0.25) is 0 Å². The molecule has 0 spiro atoms. The maximum absolute atomic E-state index is 6.07. The molecular formula is C18H25ClN4O3. The number of nitrogens with zero attached hydrogens (tertiary/aromatic N) is 3. The number of hydrogen-bond donors (Lipinski definition) is 1. The van der Waals surface area contributed by atoms with Gasteiger partial charge in [-0.3, -0.25) is 0 Å². The van der Waals surface area contributed by atoms with Gasteiger partial charge in [0.25, 0.3) is 0 Å². The number of rotatable bonds is 13. The second kappa shape index (κ2) is 12.5. The summed E-state index contributed by atoms with van der Waals surface area (Å²) < 4.78 is 15.7. The van der Waals surface area contributed by atoms with Gasteiger partial charge in [0.05, 0.1) is 26.4 Å². The standard InChI is InChI=1S/C18H25ClN4O3/c1-24-10-11-26-13-12-25-9-5-8-16-21-18(17(19)23-22-16)20-14-15-6-3-2-4-7-15/h2-4,6-7H,5,8-14H2,1H3,(H,20,21,22). The molecule has 1 heterocycles. The normalized spacial score (nSPS) is 10.8.